The van der Waals surface area contributed by atoms with Gasteiger partial charge in [-0.15, -0.1) is 0 Å². The van der Waals surface area contributed by atoms with E-state index in [2.05, 4.69) is 34.5 Å². The highest BCUT2D eigenvalue weighted by Gasteiger charge is 2.27. The minimum absolute atomic E-state index is 0.329. The molecule has 1 saturated heterocycles. The van der Waals surface area contributed by atoms with Gasteiger partial charge in [0.2, 0.25) is 0 Å². The first kappa shape index (κ1) is 19.2. The number of anilines is 1. The van der Waals surface area contributed by atoms with Gasteiger partial charge in [-0.1, -0.05) is 48.5 Å². The van der Waals surface area contributed by atoms with Crippen molar-refractivity contribution in [1.82, 2.24) is 9.88 Å². The van der Waals surface area contributed by atoms with Crippen molar-refractivity contribution >= 4 is 11.8 Å². The van der Waals surface area contributed by atoms with E-state index in [4.69, 9.17) is 4.98 Å². The summed E-state index contributed by atoms with van der Waals surface area (Å²) in [5, 5.41) is 12.5. The molecule has 0 spiro atoms. The van der Waals surface area contributed by atoms with Gasteiger partial charge in [0.05, 0.1) is 17.3 Å². The van der Waals surface area contributed by atoms with Gasteiger partial charge in [-0.25, -0.2) is 9.78 Å². The van der Waals surface area contributed by atoms with Gasteiger partial charge in [-0.3, -0.25) is 4.90 Å². The zero-order valence-electron chi connectivity index (χ0n) is 16.5. The number of carboxylic acids is 1. The highest BCUT2D eigenvalue weighted by molar-refractivity contribution is 5.95. The van der Waals surface area contributed by atoms with E-state index in [9.17, 15) is 9.90 Å². The lowest BCUT2D eigenvalue weighted by molar-refractivity contribution is 0.0697. The van der Waals surface area contributed by atoms with Crippen LogP contribution in [0.5, 0.6) is 0 Å². The summed E-state index contributed by atoms with van der Waals surface area (Å²) in [6.07, 6.45) is 2.28. The van der Waals surface area contributed by atoms with Gasteiger partial charge < -0.3 is 10.4 Å². The third-order valence-corrected chi connectivity index (χ3v) is 5.54. The molecule has 0 unspecified atom stereocenters. The van der Waals surface area contributed by atoms with Gasteiger partial charge in [0, 0.05) is 13.6 Å². The molecule has 2 heterocycles. The number of hydrogen-bond acceptors (Lipinski definition) is 4. The van der Waals surface area contributed by atoms with Gasteiger partial charge in [0.15, 0.2) is 0 Å². The molecule has 0 amide bonds. The Morgan fingerprint density at radius 3 is 2.66 bits per heavy atom. The standard InChI is InChI=1S/C24H25N3O2/c1-25-23-10-4-8-21(26-23)22-9-5-15-27(22)16-17-11-13-18(14-12-17)19-6-2-3-7-20(19)24(28)29/h2-4,6-8,10-14,22H,5,9,15-16H2,1H3,(H,25,26)(H,28,29)/t22-/m0/s1. The van der Waals surface area contributed by atoms with E-state index in [0.717, 1.165) is 42.1 Å². The van der Waals surface area contributed by atoms with Crippen LogP contribution in [0, 0.1) is 0 Å². The van der Waals surface area contributed by atoms with E-state index in [1.807, 2.05) is 37.4 Å². The molecule has 1 aliphatic heterocycles. The lowest BCUT2D eigenvalue weighted by Gasteiger charge is -2.24. The highest BCUT2D eigenvalue weighted by Crippen LogP contribution is 2.33. The van der Waals surface area contributed by atoms with Crippen molar-refractivity contribution in [3.8, 4) is 11.1 Å². The second kappa shape index (κ2) is 8.45. The Hall–Kier alpha value is -3.18. The van der Waals surface area contributed by atoms with Crippen LogP contribution in [-0.4, -0.2) is 34.6 Å². The van der Waals surface area contributed by atoms with Crippen LogP contribution < -0.4 is 5.32 Å². The monoisotopic (exact) mass is 387 g/mol. The van der Waals surface area contributed by atoms with Crippen molar-refractivity contribution in [3.05, 3.63) is 83.6 Å². The first-order chi connectivity index (χ1) is 14.2. The largest absolute Gasteiger partial charge is 0.478 e. The predicted molar refractivity (Wildman–Crippen MR) is 115 cm³/mol. The van der Waals surface area contributed by atoms with Crippen molar-refractivity contribution in [2.24, 2.45) is 0 Å². The minimum Gasteiger partial charge on any atom is -0.478 e. The molecule has 0 radical (unpaired) electrons. The molecule has 1 fully saturated rings. The fourth-order valence-electron chi connectivity index (χ4n) is 4.07. The van der Waals surface area contributed by atoms with Crippen molar-refractivity contribution in [2.75, 3.05) is 18.9 Å². The Bertz CT molecular complexity index is 1000. The minimum atomic E-state index is -0.902. The SMILES string of the molecule is CNc1cccc([C@@H]2CCCN2Cc2ccc(-c3ccccc3C(=O)O)cc2)n1. The molecule has 1 aliphatic rings. The van der Waals surface area contributed by atoms with Crippen molar-refractivity contribution < 1.29 is 9.90 Å². The second-order valence-electron chi connectivity index (χ2n) is 7.37. The normalized spacial score (nSPS) is 16.7. The maximum atomic E-state index is 11.5. The van der Waals surface area contributed by atoms with Crippen LogP contribution in [0.15, 0.2) is 66.7 Å². The first-order valence-corrected chi connectivity index (χ1v) is 9.96. The molecular formula is C24H25N3O2. The van der Waals surface area contributed by atoms with Crippen LogP contribution in [0.1, 0.15) is 40.5 Å². The van der Waals surface area contributed by atoms with Crippen molar-refractivity contribution in [2.45, 2.75) is 25.4 Å². The Kier molecular flexibility index (Phi) is 5.58. The predicted octanol–water partition coefficient (Wildman–Crippen LogP) is 4.83. The van der Waals surface area contributed by atoms with Crippen LogP contribution in [-0.2, 0) is 6.54 Å². The Balaban J connectivity index is 1.52. The molecule has 0 saturated carbocycles. The molecule has 1 aromatic heterocycles. The zero-order valence-corrected chi connectivity index (χ0v) is 16.5. The van der Waals surface area contributed by atoms with E-state index in [0.29, 0.717) is 11.6 Å². The summed E-state index contributed by atoms with van der Waals surface area (Å²) in [7, 11) is 1.89. The summed E-state index contributed by atoms with van der Waals surface area (Å²) in [6, 6.07) is 21.8. The number of carbonyl (C=O) groups is 1. The maximum absolute atomic E-state index is 11.5. The number of benzene rings is 2. The number of hydrogen-bond donors (Lipinski definition) is 2. The molecule has 5 heteroatoms. The average Bonchev–Trinajstić information content (AvgIpc) is 3.22. The Morgan fingerprint density at radius 1 is 1.10 bits per heavy atom. The topological polar surface area (TPSA) is 65.5 Å². The summed E-state index contributed by atoms with van der Waals surface area (Å²) in [6.45, 7) is 1.91. The van der Waals surface area contributed by atoms with Crippen molar-refractivity contribution in [3.63, 3.8) is 0 Å². The third-order valence-electron chi connectivity index (χ3n) is 5.54. The third kappa shape index (κ3) is 4.15. The fourth-order valence-corrected chi connectivity index (χ4v) is 4.07. The Labute approximate surface area is 171 Å². The molecule has 0 bridgehead atoms. The van der Waals surface area contributed by atoms with Gasteiger partial charge in [0.1, 0.15) is 5.82 Å². The molecule has 148 valence electrons. The summed E-state index contributed by atoms with van der Waals surface area (Å²) in [4.78, 5) is 18.7. The molecule has 29 heavy (non-hydrogen) atoms. The van der Waals surface area contributed by atoms with E-state index < -0.39 is 5.97 Å². The maximum Gasteiger partial charge on any atom is 0.336 e. The molecule has 2 N–H and O–H groups in total. The van der Waals surface area contributed by atoms with Gasteiger partial charge in [-0.2, -0.15) is 0 Å². The number of rotatable bonds is 6. The summed E-state index contributed by atoms with van der Waals surface area (Å²) in [5.41, 5.74) is 4.33. The van der Waals surface area contributed by atoms with E-state index in [1.54, 1.807) is 12.1 Å². The molecule has 2 aromatic carbocycles. The molecule has 3 aromatic rings. The van der Waals surface area contributed by atoms with Gasteiger partial charge >= 0.3 is 5.97 Å². The molecule has 4 rings (SSSR count). The number of nitrogens with one attached hydrogen (secondary N) is 1. The quantitative estimate of drug-likeness (QED) is 0.634. The fraction of sp³-hybridized carbons (Fsp3) is 0.250. The summed E-state index contributed by atoms with van der Waals surface area (Å²) < 4.78 is 0. The van der Waals surface area contributed by atoms with Crippen LogP contribution in [0.3, 0.4) is 0 Å². The average molecular weight is 387 g/mol. The molecule has 5 nitrogen and oxygen atoms in total. The van der Waals surface area contributed by atoms with Crippen LogP contribution in [0.25, 0.3) is 11.1 Å². The lowest BCUT2D eigenvalue weighted by Crippen LogP contribution is -2.23. The number of likely N-dealkylation sites (tertiary alicyclic amines) is 1. The van der Waals surface area contributed by atoms with Gasteiger partial charge in [-0.05, 0) is 54.3 Å². The smallest absolute Gasteiger partial charge is 0.336 e. The van der Waals surface area contributed by atoms with Crippen molar-refractivity contribution in [1.29, 1.82) is 0 Å². The van der Waals surface area contributed by atoms with Crippen LogP contribution >= 0.6 is 0 Å². The van der Waals surface area contributed by atoms with Gasteiger partial charge in [0.25, 0.3) is 0 Å². The Morgan fingerprint density at radius 2 is 1.90 bits per heavy atom. The van der Waals surface area contributed by atoms with Crippen LogP contribution in [0.4, 0.5) is 5.82 Å². The molecule has 0 aliphatic carbocycles. The first-order valence-electron chi connectivity index (χ1n) is 9.96. The number of aromatic nitrogens is 1. The van der Waals surface area contributed by atoms with E-state index in [1.165, 1.54) is 12.0 Å². The summed E-state index contributed by atoms with van der Waals surface area (Å²) in [5.74, 6) is -0.00307. The van der Waals surface area contributed by atoms with E-state index in [-0.39, 0.29) is 0 Å². The number of nitrogens with zero attached hydrogens (tertiary/aromatic N) is 2. The number of carboxylic acid groups (broad SMARTS) is 1. The number of pyridine rings is 1. The highest BCUT2D eigenvalue weighted by atomic mass is 16.4. The molecular weight excluding hydrogens is 362 g/mol. The van der Waals surface area contributed by atoms with Crippen LogP contribution in [0.2, 0.25) is 0 Å². The zero-order chi connectivity index (χ0) is 20.2. The summed E-state index contributed by atoms with van der Waals surface area (Å²) >= 11 is 0. The molecule has 1 atom stereocenters. The van der Waals surface area contributed by atoms with E-state index >= 15 is 0 Å². The second-order valence-corrected chi connectivity index (χ2v) is 7.37. The number of aromatic carboxylic acids is 1. The lowest BCUT2D eigenvalue weighted by atomic mass is 9.98.